The van der Waals surface area contributed by atoms with Crippen molar-refractivity contribution in [1.82, 2.24) is 0 Å². The summed E-state index contributed by atoms with van der Waals surface area (Å²) in [6.45, 7) is 9.53. The summed E-state index contributed by atoms with van der Waals surface area (Å²) < 4.78 is 4.88. The summed E-state index contributed by atoms with van der Waals surface area (Å²) in [5, 5.41) is 8.31. The molecular formula is C19H24O4. The van der Waals surface area contributed by atoms with Crippen molar-refractivity contribution in [2.24, 2.45) is 0 Å². The summed E-state index contributed by atoms with van der Waals surface area (Å²) in [5.74, 6) is -1.50. The van der Waals surface area contributed by atoms with Gasteiger partial charge in [0.1, 0.15) is 0 Å². The van der Waals surface area contributed by atoms with Crippen molar-refractivity contribution < 1.29 is 19.4 Å². The highest BCUT2D eigenvalue weighted by atomic mass is 16.5. The summed E-state index contributed by atoms with van der Waals surface area (Å²) in [6.07, 6.45) is 6.16. The number of hydrogen-bond donors (Lipinski definition) is 1. The lowest BCUT2D eigenvalue weighted by Gasteiger charge is -2.03. The fraction of sp³-hybridized carbons (Fsp3) is 0.263. The molecule has 23 heavy (non-hydrogen) atoms. The van der Waals surface area contributed by atoms with Crippen LogP contribution in [0.2, 0.25) is 0 Å². The van der Waals surface area contributed by atoms with Crippen molar-refractivity contribution >= 4 is 18.0 Å². The Morgan fingerprint density at radius 2 is 1.91 bits per heavy atom. The first-order valence-corrected chi connectivity index (χ1v) is 7.43. The molecule has 0 amide bonds. The van der Waals surface area contributed by atoms with E-state index in [1.165, 1.54) is 11.6 Å². The molecule has 124 valence electrons. The quantitative estimate of drug-likeness (QED) is 0.442. The first-order chi connectivity index (χ1) is 11.0. The maximum absolute atomic E-state index is 11.2. The van der Waals surface area contributed by atoms with Gasteiger partial charge in [0.05, 0.1) is 6.61 Å². The number of allylic oxidation sites excluding steroid dienone is 1. The zero-order chi connectivity index (χ0) is 17.5. The van der Waals surface area contributed by atoms with Crippen LogP contribution >= 0.6 is 0 Å². The number of carbonyl (C=O) groups is 2. The SMILES string of the molecule is C=C(CC=CC(=O)O)C(=O)OCCCC.C=Cc1ccccc1. The second kappa shape index (κ2) is 13.1. The Morgan fingerprint density at radius 1 is 1.26 bits per heavy atom. The van der Waals surface area contributed by atoms with E-state index in [-0.39, 0.29) is 12.0 Å². The Kier molecular flexibility index (Phi) is 11.6. The molecule has 1 aromatic carbocycles. The molecule has 0 spiro atoms. The van der Waals surface area contributed by atoms with E-state index in [1.807, 2.05) is 43.3 Å². The molecular weight excluding hydrogens is 292 g/mol. The lowest BCUT2D eigenvalue weighted by molar-refractivity contribution is -0.139. The average molecular weight is 316 g/mol. The van der Waals surface area contributed by atoms with Gasteiger partial charge < -0.3 is 9.84 Å². The van der Waals surface area contributed by atoms with Crippen LogP contribution in [0.5, 0.6) is 0 Å². The van der Waals surface area contributed by atoms with Crippen molar-refractivity contribution in [1.29, 1.82) is 0 Å². The minimum absolute atomic E-state index is 0.206. The number of carbonyl (C=O) groups excluding carboxylic acids is 1. The largest absolute Gasteiger partial charge is 0.478 e. The van der Waals surface area contributed by atoms with E-state index in [0.717, 1.165) is 18.9 Å². The summed E-state index contributed by atoms with van der Waals surface area (Å²) in [5.41, 5.74) is 1.44. The molecule has 4 heteroatoms. The molecule has 0 bridgehead atoms. The third-order valence-corrected chi connectivity index (χ3v) is 2.68. The van der Waals surface area contributed by atoms with Crippen LogP contribution in [0.1, 0.15) is 31.7 Å². The summed E-state index contributed by atoms with van der Waals surface area (Å²) in [7, 11) is 0. The zero-order valence-electron chi connectivity index (χ0n) is 13.5. The minimum Gasteiger partial charge on any atom is -0.478 e. The van der Waals surface area contributed by atoms with Crippen molar-refractivity contribution in [2.75, 3.05) is 6.61 Å². The molecule has 1 aromatic rings. The van der Waals surface area contributed by atoms with Crippen LogP contribution in [0, 0.1) is 0 Å². The van der Waals surface area contributed by atoms with Gasteiger partial charge in [-0.05, 0) is 18.4 Å². The minimum atomic E-state index is -1.04. The van der Waals surface area contributed by atoms with Crippen LogP contribution in [0.15, 0.2) is 61.2 Å². The Bertz CT molecular complexity index is 530. The van der Waals surface area contributed by atoms with Gasteiger partial charge in [-0.3, -0.25) is 0 Å². The smallest absolute Gasteiger partial charge is 0.333 e. The molecule has 0 atom stereocenters. The number of unbranched alkanes of at least 4 members (excludes halogenated alkanes) is 1. The highest BCUT2D eigenvalue weighted by Gasteiger charge is 2.05. The van der Waals surface area contributed by atoms with Gasteiger partial charge in [0.15, 0.2) is 0 Å². The number of ether oxygens (including phenoxy) is 1. The molecule has 0 unspecified atom stereocenters. The van der Waals surface area contributed by atoms with Crippen LogP contribution < -0.4 is 0 Å². The molecule has 0 fully saturated rings. The Morgan fingerprint density at radius 3 is 2.39 bits per heavy atom. The molecule has 1 rings (SSSR count). The van der Waals surface area contributed by atoms with Crippen LogP contribution in [-0.4, -0.2) is 23.7 Å². The summed E-state index contributed by atoms with van der Waals surface area (Å²) in [6, 6.07) is 10.0. The Hall–Kier alpha value is -2.62. The maximum Gasteiger partial charge on any atom is 0.333 e. The zero-order valence-corrected chi connectivity index (χ0v) is 13.5. The maximum atomic E-state index is 11.2. The number of esters is 1. The molecule has 4 nitrogen and oxygen atoms in total. The number of carboxylic acid groups (broad SMARTS) is 1. The number of carboxylic acids is 1. The molecule has 0 heterocycles. The van der Waals surface area contributed by atoms with Gasteiger partial charge in [0.2, 0.25) is 0 Å². The average Bonchev–Trinajstić information content (AvgIpc) is 2.56. The third kappa shape index (κ3) is 11.7. The number of benzene rings is 1. The lowest BCUT2D eigenvalue weighted by atomic mass is 10.2. The van der Waals surface area contributed by atoms with E-state index in [9.17, 15) is 9.59 Å². The number of hydrogen-bond acceptors (Lipinski definition) is 3. The first kappa shape index (κ1) is 20.4. The fourth-order valence-corrected chi connectivity index (χ4v) is 1.39. The first-order valence-electron chi connectivity index (χ1n) is 7.43. The van der Waals surface area contributed by atoms with Gasteiger partial charge in [-0.2, -0.15) is 0 Å². The van der Waals surface area contributed by atoms with Gasteiger partial charge in [0.25, 0.3) is 0 Å². The normalized spacial score (nSPS) is 9.61. The van der Waals surface area contributed by atoms with Gasteiger partial charge in [-0.25, -0.2) is 9.59 Å². The third-order valence-electron chi connectivity index (χ3n) is 2.68. The molecule has 1 N–H and O–H groups in total. The highest BCUT2D eigenvalue weighted by Crippen LogP contribution is 2.03. The molecule has 0 aromatic heterocycles. The van der Waals surface area contributed by atoms with Crippen molar-refractivity contribution in [3.8, 4) is 0 Å². The van der Waals surface area contributed by atoms with Crippen molar-refractivity contribution in [2.45, 2.75) is 26.2 Å². The van der Waals surface area contributed by atoms with Crippen molar-refractivity contribution in [3.05, 3.63) is 66.8 Å². The van der Waals surface area contributed by atoms with Gasteiger partial charge >= 0.3 is 11.9 Å². The standard InChI is InChI=1S/C11H16O4.C8H8/c1-3-4-8-15-11(14)9(2)6-5-7-10(12)13;1-2-8-6-4-3-5-7-8/h5,7H,2-4,6,8H2,1H3,(H,12,13);2-7H,1H2. The lowest BCUT2D eigenvalue weighted by Crippen LogP contribution is -2.07. The number of aliphatic carboxylic acids is 1. The van der Waals surface area contributed by atoms with E-state index in [2.05, 4.69) is 13.2 Å². The van der Waals surface area contributed by atoms with Crippen LogP contribution in [0.4, 0.5) is 0 Å². The van der Waals surface area contributed by atoms with Gasteiger partial charge in [-0.15, -0.1) is 0 Å². The predicted molar refractivity (Wildman–Crippen MR) is 92.9 cm³/mol. The molecule has 0 aliphatic rings. The van der Waals surface area contributed by atoms with Crippen LogP contribution in [0.3, 0.4) is 0 Å². The number of rotatable bonds is 8. The molecule has 0 aliphatic heterocycles. The topological polar surface area (TPSA) is 63.6 Å². The van der Waals surface area contributed by atoms with Gasteiger partial charge in [0, 0.05) is 11.6 Å². The van der Waals surface area contributed by atoms with E-state index in [1.54, 1.807) is 0 Å². The molecule has 0 saturated heterocycles. The van der Waals surface area contributed by atoms with E-state index in [0.29, 0.717) is 6.61 Å². The van der Waals surface area contributed by atoms with Crippen molar-refractivity contribution in [3.63, 3.8) is 0 Å². The molecule has 0 aliphatic carbocycles. The summed E-state index contributed by atoms with van der Waals surface area (Å²) >= 11 is 0. The Labute approximate surface area is 137 Å². The molecule has 0 saturated carbocycles. The predicted octanol–water partition coefficient (Wildman–Crippen LogP) is 4.25. The van der Waals surface area contributed by atoms with E-state index in [4.69, 9.17) is 9.84 Å². The second-order valence-corrected chi connectivity index (χ2v) is 4.65. The highest BCUT2D eigenvalue weighted by molar-refractivity contribution is 5.88. The van der Waals surface area contributed by atoms with Crippen LogP contribution in [0.25, 0.3) is 6.08 Å². The Balaban J connectivity index is 0.000000502. The van der Waals surface area contributed by atoms with Gasteiger partial charge in [-0.1, -0.05) is 69.0 Å². The van der Waals surface area contributed by atoms with Crippen LogP contribution in [-0.2, 0) is 14.3 Å². The molecule has 0 radical (unpaired) electrons. The summed E-state index contributed by atoms with van der Waals surface area (Å²) in [4.78, 5) is 21.3. The van der Waals surface area contributed by atoms with E-state index >= 15 is 0 Å². The monoisotopic (exact) mass is 316 g/mol. The second-order valence-electron chi connectivity index (χ2n) is 4.65. The van der Waals surface area contributed by atoms with E-state index < -0.39 is 11.9 Å². The fourth-order valence-electron chi connectivity index (χ4n) is 1.39.